The second kappa shape index (κ2) is 1.06. The predicted octanol–water partition coefficient (Wildman–Crippen LogP) is -1.25. The minimum absolute atomic E-state index is 0.815. The molecule has 0 aliphatic carbocycles. The molecule has 3 heterocycles. The second-order valence-electron chi connectivity index (χ2n) is 1.96. The Balaban J connectivity index is 1.99. The van der Waals surface area contributed by atoms with Gasteiger partial charge in [0.05, 0.1) is 0 Å². The summed E-state index contributed by atoms with van der Waals surface area (Å²) < 4.78 is 4.61. The molecule has 0 radical (unpaired) electrons. The van der Waals surface area contributed by atoms with Crippen LogP contribution in [0.3, 0.4) is 0 Å². The molecule has 0 saturated carbocycles. The zero-order valence-electron chi connectivity index (χ0n) is 4.36. The van der Waals surface area contributed by atoms with Crippen LogP contribution in [0.25, 0.3) is 0 Å². The van der Waals surface area contributed by atoms with Crippen molar-refractivity contribution in [3.8, 4) is 0 Å². The standard InChI is InChI=1S/C3O7/c4-1-2(7-10-5-1)3(6-2)8-9-3. The van der Waals surface area contributed by atoms with Crippen LogP contribution in [0, 0.1) is 0 Å². The van der Waals surface area contributed by atoms with E-state index in [1.165, 1.54) is 0 Å². The lowest BCUT2D eigenvalue weighted by Gasteiger charge is -1.81. The summed E-state index contributed by atoms with van der Waals surface area (Å²) in [5.74, 6) is -3.81. The van der Waals surface area contributed by atoms with Crippen molar-refractivity contribution in [1.29, 1.82) is 0 Å². The van der Waals surface area contributed by atoms with Crippen LogP contribution in [-0.2, 0) is 34.1 Å². The van der Waals surface area contributed by atoms with Gasteiger partial charge in [0.15, 0.2) is 0 Å². The van der Waals surface area contributed by atoms with Gasteiger partial charge in [-0.05, 0) is 5.04 Å². The van der Waals surface area contributed by atoms with E-state index >= 15 is 0 Å². The molecule has 0 aromatic carbocycles. The fraction of sp³-hybridized carbons (Fsp3) is 0.667. The summed E-state index contributed by atoms with van der Waals surface area (Å²) in [4.78, 5) is 27.5. The molecule has 0 bridgehead atoms. The summed E-state index contributed by atoms with van der Waals surface area (Å²) in [6, 6.07) is 0. The van der Waals surface area contributed by atoms with Gasteiger partial charge in [-0.15, -0.1) is 4.89 Å². The Morgan fingerprint density at radius 2 is 2.00 bits per heavy atom. The Hall–Kier alpha value is -0.730. The fourth-order valence-corrected chi connectivity index (χ4v) is 0.765. The summed E-state index contributed by atoms with van der Waals surface area (Å²) in [7, 11) is 0. The smallest absolute Gasteiger partial charge is 0.266 e. The van der Waals surface area contributed by atoms with E-state index in [1.54, 1.807) is 0 Å². The van der Waals surface area contributed by atoms with E-state index in [-0.39, 0.29) is 0 Å². The number of ether oxygens (including phenoxy) is 1. The van der Waals surface area contributed by atoms with Crippen LogP contribution in [0.1, 0.15) is 0 Å². The molecule has 0 amide bonds. The van der Waals surface area contributed by atoms with Crippen molar-refractivity contribution < 1.29 is 34.1 Å². The van der Waals surface area contributed by atoms with Crippen LogP contribution >= 0.6 is 0 Å². The van der Waals surface area contributed by atoms with Crippen molar-refractivity contribution in [2.75, 3.05) is 0 Å². The van der Waals surface area contributed by atoms with Crippen LogP contribution in [0.15, 0.2) is 0 Å². The van der Waals surface area contributed by atoms with Gasteiger partial charge in [0.25, 0.3) is 0 Å². The summed E-state index contributed by atoms with van der Waals surface area (Å²) in [6.07, 6.45) is 0. The molecule has 3 aliphatic heterocycles. The molecule has 1 atom stereocenters. The molecule has 3 aliphatic rings. The van der Waals surface area contributed by atoms with Gasteiger partial charge in [-0.25, -0.2) is 4.79 Å². The average molecular weight is 148 g/mol. The Morgan fingerprint density at radius 1 is 1.20 bits per heavy atom. The lowest BCUT2D eigenvalue weighted by Crippen LogP contribution is -2.24. The SMILES string of the molecule is O=C1OOOC12OC21OO1. The number of hydrogen-bond acceptors (Lipinski definition) is 7. The molecule has 10 heavy (non-hydrogen) atoms. The monoisotopic (exact) mass is 148 g/mol. The number of rotatable bonds is 0. The van der Waals surface area contributed by atoms with Gasteiger partial charge in [0.2, 0.25) is 0 Å². The number of hydrogen-bond donors (Lipinski definition) is 0. The molecule has 54 valence electrons. The maximum Gasteiger partial charge on any atom is 0.416 e. The highest BCUT2D eigenvalue weighted by Gasteiger charge is 2.96. The lowest BCUT2D eigenvalue weighted by atomic mass is 10.4. The molecule has 7 heteroatoms. The first-order chi connectivity index (χ1) is 4.79. The highest BCUT2D eigenvalue weighted by molar-refractivity contribution is 5.82. The molecule has 0 aromatic rings. The van der Waals surface area contributed by atoms with Gasteiger partial charge in [-0.3, -0.25) is 9.62 Å². The topological polar surface area (TPSA) is 82.4 Å². The largest absolute Gasteiger partial charge is 0.416 e. The Kier molecular flexibility index (Phi) is 0.531. The quantitative estimate of drug-likeness (QED) is 0.313. The van der Waals surface area contributed by atoms with Gasteiger partial charge >= 0.3 is 17.7 Å². The van der Waals surface area contributed by atoms with Crippen LogP contribution in [0.5, 0.6) is 0 Å². The minimum Gasteiger partial charge on any atom is -0.266 e. The number of fused-ring (bicyclic) bond motifs is 1. The van der Waals surface area contributed by atoms with E-state index in [0.29, 0.717) is 0 Å². The van der Waals surface area contributed by atoms with Gasteiger partial charge in [0.1, 0.15) is 0 Å². The molecular formula is C3O7. The first kappa shape index (κ1) is 4.99. The van der Waals surface area contributed by atoms with Crippen molar-refractivity contribution in [3.05, 3.63) is 0 Å². The Bertz CT molecular complexity index is 215. The molecule has 3 rings (SSSR count). The van der Waals surface area contributed by atoms with Gasteiger partial charge in [0, 0.05) is 0 Å². The third kappa shape index (κ3) is 0.312. The fourth-order valence-electron chi connectivity index (χ4n) is 0.765. The molecule has 3 saturated heterocycles. The lowest BCUT2D eigenvalue weighted by molar-refractivity contribution is -0.462. The van der Waals surface area contributed by atoms with E-state index in [1.807, 2.05) is 0 Å². The summed E-state index contributed by atoms with van der Waals surface area (Å²) in [5, 5.41) is 3.88. The molecule has 2 spiro atoms. The van der Waals surface area contributed by atoms with E-state index in [4.69, 9.17) is 0 Å². The van der Waals surface area contributed by atoms with Crippen molar-refractivity contribution >= 4 is 5.97 Å². The minimum atomic E-state index is -1.62. The normalized spacial score (nSPS) is 46.2. The maximum atomic E-state index is 10.7. The van der Waals surface area contributed by atoms with Gasteiger partial charge in [-0.2, -0.15) is 9.78 Å². The Morgan fingerprint density at radius 3 is 2.40 bits per heavy atom. The van der Waals surface area contributed by atoms with E-state index < -0.39 is 17.7 Å². The summed E-state index contributed by atoms with van der Waals surface area (Å²) in [6.45, 7) is 0. The van der Waals surface area contributed by atoms with Crippen LogP contribution in [0.4, 0.5) is 0 Å². The molecular weight excluding hydrogens is 148 g/mol. The Labute approximate surface area is 53.1 Å². The summed E-state index contributed by atoms with van der Waals surface area (Å²) >= 11 is 0. The van der Waals surface area contributed by atoms with Gasteiger partial charge < -0.3 is 0 Å². The van der Waals surface area contributed by atoms with Crippen molar-refractivity contribution in [1.82, 2.24) is 0 Å². The van der Waals surface area contributed by atoms with Crippen molar-refractivity contribution in [2.24, 2.45) is 0 Å². The average Bonchev–Trinajstić information content (AvgIpc) is 2.74. The number of epoxide rings is 1. The predicted molar refractivity (Wildman–Crippen MR) is 17.0 cm³/mol. The number of carbonyl (C=O) groups is 1. The zero-order valence-corrected chi connectivity index (χ0v) is 4.36. The molecule has 7 nitrogen and oxygen atoms in total. The van der Waals surface area contributed by atoms with Crippen LogP contribution in [0.2, 0.25) is 0 Å². The molecule has 0 N–H and O–H groups in total. The van der Waals surface area contributed by atoms with E-state index in [2.05, 4.69) is 29.3 Å². The summed E-state index contributed by atoms with van der Waals surface area (Å²) in [5.41, 5.74) is 0. The van der Waals surface area contributed by atoms with Crippen molar-refractivity contribution in [3.63, 3.8) is 0 Å². The third-order valence-corrected chi connectivity index (χ3v) is 1.40. The number of carbonyl (C=O) groups excluding carboxylic acids is 1. The second-order valence-corrected chi connectivity index (χ2v) is 1.96. The molecule has 3 fully saturated rings. The first-order valence-electron chi connectivity index (χ1n) is 2.43. The molecule has 0 aromatic heterocycles. The van der Waals surface area contributed by atoms with Crippen molar-refractivity contribution in [2.45, 2.75) is 11.8 Å². The maximum absolute atomic E-state index is 10.7. The third-order valence-electron chi connectivity index (χ3n) is 1.40. The highest BCUT2D eigenvalue weighted by Crippen LogP contribution is 2.62. The van der Waals surface area contributed by atoms with E-state index in [0.717, 1.165) is 0 Å². The van der Waals surface area contributed by atoms with Crippen LogP contribution in [-0.4, -0.2) is 17.7 Å². The van der Waals surface area contributed by atoms with E-state index in [9.17, 15) is 4.79 Å². The highest BCUT2D eigenvalue weighted by atomic mass is 17.6. The van der Waals surface area contributed by atoms with Crippen LogP contribution < -0.4 is 0 Å². The molecule has 1 unspecified atom stereocenters. The van der Waals surface area contributed by atoms with Gasteiger partial charge in [-0.1, -0.05) is 0 Å². The first-order valence-corrected chi connectivity index (χ1v) is 2.43. The zero-order chi connectivity index (χ0) is 6.82.